The number of anilines is 1. The second-order valence-corrected chi connectivity index (χ2v) is 7.50. The van der Waals surface area contributed by atoms with Crippen molar-refractivity contribution in [2.45, 2.75) is 13.3 Å². The molecule has 156 valence electrons. The van der Waals surface area contributed by atoms with Crippen molar-refractivity contribution in [3.63, 3.8) is 0 Å². The molecule has 0 unspecified atom stereocenters. The van der Waals surface area contributed by atoms with Crippen molar-refractivity contribution in [3.05, 3.63) is 88.8 Å². The number of hydrogen-bond acceptors (Lipinski definition) is 4. The van der Waals surface area contributed by atoms with Gasteiger partial charge in [-0.15, -0.1) is 0 Å². The third kappa shape index (κ3) is 4.15. The summed E-state index contributed by atoms with van der Waals surface area (Å²) in [6.07, 6.45) is 3.33. The summed E-state index contributed by atoms with van der Waals surface area (Å²) in [4.78, 5) is 30.1. The first-order valence-corrected chi connectivity index (χ1v) is 10.0. The van der Waals surface area contributed by atoms with Crippen molar-refractivity contribution >= 4 is 40.0 Å². The summed E-state index contributed by atoms with van der Waals surface area (Å²) in [5.74, 6) is 0.262. The van der Waals surface area contributed by atoms with Crippen LogP contribution >= 0.6 is 11.6 Å². The van der Waals surface area contributed by atoms with Gasteiger partial charge in [0.2, 0.25) is 5.91 Å². The van der Waals surface area contributed by atoms with E-state index in [-0.39, 0.29) is 18.2 Å². The summed E-state index contributed by atoms with van der Waals surface area (Å²) >= 11 is 5.97. The highest BCUT2D eigenvalue weighted by molar-refractivity contribution is 6.30. The molecule has 0 saturated carbocycles. The van der Waals surface area contributed by atoms with Crippen LogP contribution in [0.5, 0.6) is 5.75 Å². The number of rotatable bonds is 5. The molecule has 2 aromatic carbocycles. The summed E-state index contributed by atoms with van der Waals surface area (Å²) in [5, 5.41) is 4.20. The average Bonchev–Trinajstić information content (AvgIpc) is 3.05. The lowest BCUT2D eigenvalue weighted by Gasteiger charge is -2.08. The Bertz CT molecular complexity index is 1260. The highest BCUT2D eigenvalue weighted by Crippen LogP contribution is 2.31. The van der Waals surface area contributed by atoms with Crippen molar-refractivity contribution in [1.29, 1.82) is 0 Å². The highest BCUT2D eigenvalue weighted by atomic mass is 35.5. The Morgan fingerprint density at radius 1 is 1.13 bits per heavy atom. The predicted molar refractivity (Wildman–Crippen MR) is 121 cm³/mol. The molecule has 2 heterocycles. The molecule has 0 fully saturated rings. The van der Waals surface area contributed by atoms with Gasteiger partial charge in [0.1, 0.15) is 5.75 Å². The van der Waals surface area contributed by atoms with Gasteiger partial charge >= 0.3 is 0 Å². The van der Waals surface area contributed by atoms with Crippen molar-refractivity contribution in [2.75, 3.05) is 12.4 Å². The minimum absolute atomic E-state index is 0.102. The molecule has 1 N–H and O–H groups in total. The van der Waals surface area contributed by atoms with E-state index in [9.17, 15) is 9.59 Å². The van der Waals surface area contributed by atoms with E-state index in [2.05, 4.69) is 10.3 Å². The van der Waals surface area contributed by atoms with Gasteiger partial charge < -0.3 is 10.1 Å². The molecule has 7 heteroatoms. The van der Waals surface area contributed by atoms with Crippen LogP contribution in [-0.2, 0) is 11.2 Å². The highest BCUT2D eigenvalue weighted by Gasteiger charge is 2.22. The smallest absolute Gasteiger partial charge is 0.262 e. The van der Waals surface area contributed by atoms with E-state index in [1.54, 1.807) is 66.5 Å². The number of nitrogens with zero attached hydrogens (tertiary/aromatic N) is 2. The molecule has 0 spiro atoms. The fraction of sp³-hybridized carbons (Fsp3) is 0.125. The Kier molecular flexibility index (Phi) is 5.73. The number of amides is 1. The Morgan fingerprint density at radius 3 is 2.58 bits per heavy atom. The van der Waals surface area contributed by atoms with Gasteiger partial charge in [-0.3, -0.25) is 19.1 Å². The second kappa shape index (κ2) is 8.62. The molecule has 0 bridgehead atoms. The number of aromatic nitrogens is 2. The van der Waals surface area contributed by atoms with Gasteiger partial charge in [0, 0.05) is 27.9 Å². The average molecular weight is 434 g/mol. The fourth-order valence-electron chi connectivity index (χ4n) is 3.60. The Balaban J connectivity index is 1.77. The van der Waals surface area contributed by atoms with Crippen LogP contribution in [0.15, 0.2) is 67.0 Å². The normalized spacial score (nSPS) is 10.8. The number of halogens is 1. The van der Waals surface area contributed by atoms with E-state index < -0.39 is 0 Å². The van der Waals surface area contributed by atoms with Gasteiger partial charge in [-0.1, -0.05) is 11.6 Å². The first kappa shape index (κ1) is 20.6. The zero-order valence-electron chi connectivity index (χ0n) is 17.1. The van der Waals surface area contributed by atoms with Crippen molar-refractivity contribution in [3.8, 4) is 5.75 Å². The lowest BCUT2D eigenvalue weighted by molar-refractivity contribution is -0.115. The largest absolute Gasteiger partial charge is 0.497 e. The molecular weight excluding hydrogens is 414 g/mol. The number of carbonyl (C=O) groups is 2. The number of methoxy groups -OCH3 is 1. The molecular formula is C24H20ClN3O3. The van der Waals surface area contributed by atoms with E-state index in [4.69, 9.17) is 16.3 Å². The number of ether oxygens (including phenoxy) is 1. The van der Waals surface area contributed by atoms with Gasteiger partial charge in [0.25, 0.3) is 5.91 Å². The molecule has 1 amide bonds. The molecule has 2 aromatic heterocycles. The third-order valence-electron chi connectivity index (χ3n) is 5.12. The lowest BCUT2D eigenvalue weighted by atomic mass is 10.1. The molecule has 0 saturated heterocycles. The van der Waals surface area contributed by atoms with Crippen LogP contribution in [0.25, 0.3) is 10.9 Å². The van der Waals surface area contributed by atoms with E-state index in [1.807, 2.05) is 19.1 Å². The van der Waals surface area contributed by atoms with E-state index in [0.29, 0.717) is 33.2 Å². The summed E-state index contributed by atoms with van der Waals surface area (Å²) < 4.78 is 7.00. The van der Waals surface area contributed by atoms with Crippen LogP contribution in [0.2, 0.25) is 5.02 Å². The van der Waals surface area contributed by atoms with Gasteiger partial charge in [-0.25, -0.2) is 0 Å². The summed E-state index contributed by atoms with van der Waals surface area (Å²) in [5.41, 5.74) is 3.29. The Hall–Kier alpha value is -3.64. The summed E-state index contributed by atoms with van der Waals surface area (Å²) in [6, 6.07) is 15.7. The van der Waals surface area contributed by atoms with Crippen LogP contribution in [-0.4, -0.2) is 28.5 Å². The molecule has 31 heavy (non-hydrogen) atoms. The van der Waals surface area contributed by atoms with Gasteiger partial charge in [-0.05, 0) is 67.1 Å². The minimum Gasteiger partial charge on any atom is -0.497 e. The molecule has 0 aliphatic carbocycles. The first-order valence-electron chi connectivity index (χ1n) is 9.66. The molecule has 0 aliphatic heterocycles. The van der Waals surface area contributed by atoms with Crippen molar-refractivity contribution in [2.24, 2.45) is 0 Å². The summed E-state index contributed by atoms with van der Waals surface area (Å²) in [7, 11) is 1.58. The minimum atomic E-state index is -0.197. The third-order valence-corrected chi connectivity index (χ3v) is 5.37. The summed E-state index contributed by atoms with van der Waals surface area (Å²) in [6.45, 7) is 1.84. The molecule has 0 radical (unpaired) electrons. The van der Waals surface area contributed by atoms with Crippen LogP contribution < -0.4 is 10.1 Å². The van der Waals surface area contributed by atoms with Crippen LogP contribution in [0.1, 0.15) is 21.6 Å². The van der Waals surface area contributed by atoms with E-state index in [0.717, 1.165) is 10.9 Å². The number of pyridine rings is 1. The maximum atomic E-state index is 13.3. The van der Waals surface area contributed by atoms with Gasteiger partial charge in [-0.2, -0.15) is 0 Å². The number of benzene rings is 2. The van der Waals surface area contributed by atoms with Gasteiger partial charge in [0.15, 0.2) is 0 Å². The topological polar surface area (TPSA) is 73.2 Å². The van der Waals surface area contributed by atoms with Crippen molar-refractivity contribution < 1.29 is 14.3 Å². The Morgan fingerprint density at radius 2 is 1.90 bits per heavy atom. The maximum Gasteiger partial charge on any atom is 0.262 e. The number of nitrogens with one attached hydrogen (secondary N) is 1. The molecule has 6 nitrogen and oxygen atoms in total. The lowest BCUT2D eigenvalue weighted by Crippen LogP contribution is -2.16. The SMILES string of the molecule is COc1ccc2c(c1)c(CC(=O)Nc1cccnc1)c(C)n2C(=O)c1ccc(Cl)cc1. The number of carbonyl (C=O) groups excluding carboxylic acids is 2. The zero-order chi connectivity index (χ0) is 22.0. The van der Waals surface area contributed by atoms with Crippen LogP contribution in [0, 0.1) is 6.92 Å². The maximum absolute atomic E-state index is 13.3. The monoisotopic (exact) mass is 433 g/mol. The van der Waals surface area contributed by atoms with Gasteiger partial charge in [0.05, 0.1) is 30.9 Å². The number of hydrogen-bond donors (Lipinski definition) is 1. The van der Waals surface area contributed by atoms with Crippen LogP contribution in [0.3, 0.4) is 0 Å². The van der Waals surface area contributed by atoms with E-state index >= 15 is 0 Å². The molecule has 4 rings (SSSR count). The first-order chi connectivity index (χ1) is 15.0. The standard InChI is InChI=1S/C24H20ClN3O3/c1-15-20(13-23(29)27-18-4-3-11-26-14-18)21-12-19(31-2)9-10-22(21)28(15)24(30)16-5-7-17(25)8-6-16/h3-12,14H,13H2,1-2H3,(H,27,29). The predicted octanol–water partition coefficient (Wildman–Crippen LogP) is 4.88. The van der Waals surface area contributed by atoms with Crippen molar-refractivity contribution in [1.82, 2.24) is 9.55 Å². The van der Waals surface area contributed by atoms with Crippen LogP contribution in [0.4, 0.5) is 5.69 Å². The molecule has 0 atom stereocenters. The molecule has 4 aromatic rings. The molecule has 0 aliphatic rings. The Labute approximate surface area is 184 Å². The quantitative estimate of drug-likeness (QED) is 0.487. The second-order valence-electron chi connectivity index (χ2n) is 7.06. The van der Waals surface area contributed by atoms with E-state index in [1.165, 1.54) is 0 Å². The fourth-order valence-corrected chi connectivity index (χ4v) is 3.72. The zero-order valence-corrected chi connectivity index (χ0v) is 17.8. The number of fused-ring (bicyclic) bond motifs is 1.